The molecule has 0 spiro atoms. The average Bonchev–Trinajstić information content (AvgIpc) is 3.27. The molecule has 4 aromatic rings. The van der Waals surface area contributed by atoms with Crippen LogP contribution in [0.15, 0.2) is 96.2 Å². The molecule has 0 aliphatic carbocycles. The third-order valence-electron chi connectivity index (χ3n) is 5.56. The molecule has 4 rings (SSSR count). The first-order valence-corrected chi connectivity index (χ1v) is 13.2. The molecule has 0 atom stereocenters. The van der Waals surface area contributed by atoms with E-state index < -0.39 is 11.4 Å². The Bertz CT molecular complexity index is 1200. The third-order valence-corrected chi connectivity index (χ3v) is 7.14. The molecule has 1 heterocycles. The number of aliphatic carboxylic acids is 1. The van der Waals surface area contributed by atoms with E-state index in [-0.39, 0.29) is 23.0 Å². The zero-order valence-electron chi connectivity index (χ0n) is 19.1. The van der Waals surface area contributed by atoms with Gasteiger partial charge in [-0.2, -0.15) is 11.8 Å². The fourth-order valence-corrected chi connectivity index (χ4v) is 5.34. The lowest BCUT2D eigenvalue weighted by atomic mass is 9.70. The number of carbonyl (C=O) groups is 1. The maximum atomic E-state index is 12.1. The van der Waals surface area contributed by atoms with Crippen molar-refractivity contribution in [1.82, 2.24) is 4.98 Å². The van der Waals surface area contributed by atoms with Gasteiger partial charge in [-0.3, -0.25) is 0 Å². The van der Waals surface area contributed by atoms with Gasteiger partial charge in [0.2, 0.25) is 5.71 Å². The van der Waals surface area contributed by atoms with Crippen molar-refractivity contribution in [3.05, 3.63) is 118 Å². The summed E-state index contributed by atoms with van der Waals surface area (Å²) in [6.45, 7) is 0.289. The molecule has 0 radical (unpaired) electrons. The van der Waals surface area contributed by atoms with Crippen molar-refractivity contribution >= 4 is 39.8 Å². The molecule has 0 unspecified atom stereocenters. The van der Waals surface area contributed by atoms with Gasteiger partial charge >= 0.3 is 5.97 Å². The fraction of sp³-hybridized carbons (Fsp3) is 0.148. The molecule has 0 aliphatic rings. The monoisotopic (exact) mass is 503 g/mol. The lowest BCUT2D eigenvalue weighted by Gasteiger charge is -2.34. The van der Waals surface area contributed by atoms with Crippen LogP contribution in [0.3, 0.4) is 0 Å². The number of thiazole rings is 1. The van der Waals surface area contributed by atoms with Gasteiger partial charge in [-0.05, 0) is 22.9 Å². The van der Waals surface area contributed by atoms with Crippen LogP contribution in [-0.2, 0) is 15.0 Å². The van der Waals surface area contributed by atoms with Gasteiger partial charge in [0.15, 0.2) is 0 Å². The Hall–Kier alpha value is -3.62. The summed E-state index contributed by atoms with van der Waals surface area (Å²) in [5.74, 6) is -0.560. The Morgan fingerprint density at radius 3 is 1.89 bits per heavy atom. The van der Waals surface area contributed by atoms with E-state index in [1.165, 1.54) is 11.3 Å². The lowest BCUT2D eigenvalue weighted by Crippen LogP contribution is -2.31. The number of hydrogen-bond acceptors (Lipinski definition) is 7. The third kappa shape index (κ3) is 4.94. The van der Waals surface area contributed by atoms with E-state index in [4.69, 9.17) is 15.6 Å². The summed E-state index contributed by atoms with van der Waals surface area (Å²) in [7, 11) is 0. The molecule has 0 bridgehead atoms. The summed E-state index contributed by atoms with van der Waals surface area (Å²) < 4.78 is 0. The largest absolute Gasteiger partial charge is 0.476 e. The second kappa shape index (κ2) is 11.2. The standard InChI is InChI=1S/C27H25N3O3S2/c1-34-18-17-33-30-23(25(31)32)22-24(28)35-26(29-22)27(19-11-5-2-6-12-19,20-13-7-3-8-14-20)21-15-9-4-10-16-21/h2-16H,17-18,28H2,1H3,(H,31,32). The number of thioether (sulfide) groups is 1. The molecule has 0 aliphatic heterocycles. The number of aromatic nitrogens is 1. The number of nitrogens with zero attached hydrogens (tertiary/aromatic N) is 2. The van der Waals surface area contributed by atoms with Crippen LogP contribution in [0, 0.1) is 0 Å². The van der Waals surface area contributed by atoms with Gasteiger partial charge in [0, 0.05) is 5.75 Å². The Morgan fingerprint density at radius 1 is 0.971 bits per heavy atom. The summed E-state index contributed by atoms with van der Waals surface area (Å²) in [6.07, 6.45) is 1.94. The number of hydrogen-bond donors (Lipinski definition) is 2. The smallest absolute Gasteiger partial charge is 0.360 e. The second-order valence-corrected chi connectivity index (χ2v) is 9.67. The number of nitrogens with two attached hydrogens (primary N) is 1. The zero-order valence-corrected chi connectivity index (χ0v) is 20.8. The maximum absolute atomic E-state index is 12.1. The number of nitrogen functional groups attached to an aromatic ring is 1. The predicted octanol–water partition coefficient (Wildman–Crippen LogP) is 5.28. The molecule has 0 amide bonds. The summed E-state index contributed by atoms with van der Waals surface area (Å²) in [6, 6.07) is 30.1. The van der Waals surface area contributed by atoms with Crippen molar-refractivity contribution in [2.75, 3.05) is 24.3 Å². The molecule has 6 nitrogen and oxygen atoms in total. The van der Waals surface area contributed by atoms with Gasteiger partial charge in [-0.15, -0.1) is 0 Å². The second-order valence-electron chi connectivity index (χ2n) is 7.65. The van der Waals surface area contributed by atoms with Crippen LogP contribution >= 0.6 is 23.1 Å². The summed E-state index contributed by atoms with van der Waals surface area (Å²) >= 11 is 2.84. The van der Waals surface area contributed by atoms with Crippen molar-refractivity contribution in [2.24, 2.45) is 5.16 Å². The Balaban J connectivity index is 1.98. The molecule has 0 saturated heterocycles. The Morgan fingerprint density at radius 2 is 1.46 bits per heavy atom. The Labute approximate surface area is 212 Å². The number of anilines is 1. The fourth-order valence-electron chi connectivity index (χ4n) is 4.01. The van der Waals surface area contributed by atoms with Gasteiger partial charge in [-0.1, -0.05) is 107 Å². The van der Waals surface area contributed by atoms with Crippen LogP contribution < -0.4 is 5.73 Å². The van der Waals surface area contributed by atoms with E-state index in [9.17, 15) is 9.90 Å². The van der Waals surface area contributed by atoms with Crippen LogP contribution in [0.1, 0.15) is 27.4 Å². The highest BCUT2D eigenvalue weighted by Gasteiger charge is 2.42. The van der Waals surface area contributed by atoms with E-state index >= 15 is 0 Å². The predicted molar refractivity (Wildman–Crippen MR) is 143 cm³/mol. The molecule has 35 heavy (non-hydrogen) atoms. The van der Waals surface area contributed by atoms with E-state index in [1.54, 1.807) is 11.8 Å². The molecule has 8 heteroatoms. The van der Waals surface area contributed by atoms with Crippen LogP contribution in [0.5, 0.6) is 0 Å². The Kier molecular flexibility index (Phi) is 7.84. The quantitative estimate of drug-likeness (QED) is 0.132. The van der Waals surface area contributed by atoms with E-state index in [2.05, 4.69) is 41.6 Å². The molecular weight excluding hydrogens is 478 g/mol. The zero-order chi connectivity index (χ0) is 24.7. The van der Waals surface area contributed by atoms with Gasteiger partial charge in [0.25, 0.3) is 0 Å². The minimum Gasteiger partial charge on any atom is -0.476 e. The van der Waals surface area contributed by atoms with E-state index in [1.807, 2.05) is 60.9 Å². The molecule has 0 saturated carbocycles. The first-order chi connectivity index (χ1) is 17.1. The summed E-state index contributed by atoms with van der Waals surface area (Å²) in [5, 5.41) is 14.6. The molecular formula is C27H25N3O3S2. The number of carboxylic acids is 1. The normalized spacial score (nSPS) is 11.9. The highest BCUT2D eigenvalue weighted by atomic mass is 32.2. The molecule has 1 aromatic heterocycles. The van der Waals surface area contributed by atoms with Crippen LogP contribution in [0.2, 0.25) is 0 Å². The molecule has 0 fully saturated rings. The summed E-state index contributed by atoms with van der Waals surface area (Å²) in [5.41, 5.74) is 8.34. The first-order valence-electron chi connectivity index (χ1n) is 10.9. The van der Waals surface area contributed by atoms with Gasteiger partial charge in [0.05, 0.1) is 5.41 Å². The van der Waals surface area contributed by atoms with Crippen LogP contribution in [-0.4, -0.2) is 40.4 Å². The van der Waals surface area contributed by atoms with Crippen molar-refractivity contribution in [3.63, 3.8) is 0 Å². The van der Waals surface area contributed by atoms with Crippen molar-refractivity contribution < 1.29 is 14.7 Å². The number of carboxylic acid groups (broad SMARTS) is 1. The first kappa shape index (κ1) is 24.5. The minimum atomic E-state index is -1.25. The van der Waals surface area contributed by atoms with Gasteiger partial charge in [0.1, 0.15) is 22.3 Å². The topological polar surface area (TPSA) is 97.8 Å². The van der Waals surface area contributed by atoms with Crippen molar-refractivity contribution in [2.45, 2.75) is 5.41 Å². The van der Waals surface area contributed by atoms with Crippen molar-refractivity contribution in [1.29, 1.82) is 0 Å². The highest BCUT2D eigenvalue weighted by Crippen LogP contribution is 2.47. The molecule has 3 aromatic carbocycles. The van der Waals surface area contributed by atoms with Gasteiger partial charge < -0.3 is 15.7 Å². The van der Waals surface area contributed by atoms with Crippen LogP contribution in [0.4, 0.5) is 5.00 Å². The van der Waals surface area contributed by atoms with Crippen LogP contribution in [0.25, 0.3) is 0 Å². The van der Waals surface area contributed by atoms with Crippen molar-refractivity contribution in [3.8, 4) is 0 Å². The average molecular weight is 504 g/mol. The number of rotatable bonds is 10. The maximum Gasteiger partial charge on any atom is 0.360 e. The lowest BCUT2D eigenvalue weighted by molar-refractivity contribution is -0.129. The van der Waals surface area contributed by atoms with Gasteiger partial charge in [-0.25, -0.2) is 9.78 Å². The SMILES string of the molecule is CSCCON=C(C(=O)O)c1nc(C(c2ccccc2)(c2ccccc2)c2ccccc2)sc1N. The number of benzene rings is 3. The highest BCUT2D eigenvalue weighted by molar-refractivity contribution is 7.98. The minimum absolute atomic E-state index is 0.105. The van der Waals surface area contributed by atoms with E-state index in [0.29, 0.717) is 10.8 Å². The van der Waals surface area contributed by atoms with E-state index in [0.717, 1.165) is 16.7 Å². The molecule has 178 valence electrons. The number of oxime groups is 1. The summed E-state index contributed by atoms with van der Waals surface area (Å²) in [4.78, 5) is 22.2. The molecule has 3 N–H and O–H groups in total.